The Morgan fingerprint density at radius 1 is 1.18 bits per heavy atom. The van der Waals surface area contributed by atoms with E-state index in [2.05, 4.69) is 6.07 Å². The van der Waals surface area contributed by atoms with Gasteiger partial charge in [0.2, 0.25) is 0 Å². The number of nitriles is 1. The van der Waals surface area contributed by atoms with Crippen molar-refractivity contribution in [2.45, 2.75) is 38.5 Å². The molecule has 0 unspecified atom stereocenters. The molecule has 1 aromatic rings. The number of benzene rings is 1. The van der Waals surface area contributed by atoms with Crippen LogP contribution in [0, 0.1) is 23.2 Å². The number of esters is 1. The quantitative estimate of drug-likeness (QED) is 0.667. The number of carboxylic acid groups (broad SMARTS) is 1. The first kappa shape index (κ1) is 16.0. The maximum absolute atomic E-state index is 12.1. The van der Waals surface area contributed by atoms with E-state index in [9.17, 15) is 9.59 Å². The first-order valence-electron chi connectivity index (χ1n) is 7.50. The van der Waals surface area contributed by atoms with Gasteiger partial charge in [0.15, 0.2) is 0 Å². The standard InChI is InChI=1S/C17H19NO4/c18-11-13-1-6-14(7-2-13)17(21)22-15-8-3-12(4-9-15)5-10-16(19)20/h3-4,8-9,13-14H,1-2,5-7,10H2,(H,19,20)/t13-,14-. The van der Waals surface area contributed by atoms with Crippen molar-refractivity contribution < 1.29 is 19.4 Å². The van der Waals surface area contributed by atoms with Crippen molar-refractivity contribution >= 4 is 11.9 Å². The zero-order valence-corrected chi connectivity index (χ0v) is 12.3. The summed E-state index contributed by atoms with van der Waals surface area (Å²) in [5, 5.41) is 17.5. The largest absolute Gasteiger partial charge is 0.481 e. The molecule has 22 heavy (non-hydrogen) atoms. The summed E-state index contributed by atoms with van der Waals surface area (Å²) in [5.41, 5.74) is 0.900. The number of aliphatic carboxylic acids is 1. The van der Waals surface area contributed by atoms with E-state index in [1.165, 1.54) is 0 Å². The Morgan fingerprint density at radius 3 is 2.36 bits per heavy atom. The van der Waals surface area contributed by atoms with Crippen LogP contribution in [0.3, 0.4) is 0 Å². The maximum atomic E-state index is 12.1. The minimum atomic E-state index is -0.830. The van der Waals surface area contributed by atoms with Crippen LogP contribution in [0.5, 0.6) is 5.75 Å². The Balaban J connectivity index is 1.84. The van der Waals surface area contributed by atoms with E-state index < -0.39 is 5.97 Å². The first-order valence-corrected chi connectivity index (χ1v) is 7.50. The van der Waals surface area contributed by atoms with Gasteiger partial charge < -0.3 is 9.84 Å². The molecule has 1 saturated carbocycles. The lowest BCUT2D eigenvalue weighted by molar-refractivity contribution is -0.140. The van der Waals surface area contributed by atoms with E-state index >= 15 is 0 Å². The van der Waals surface area contributed by atoms with Gasteiger partial charge in [0.05, 0.1) is 12.0 Å². The minimum Gasteiger partial charge on any atom is -0.481 e. The first-order chi connectivity index (χ1) is 10.6. The van der Waals surface area contributed by atoms with E-state index in [1.54, 1.807) is 24.3 Å². The van der Waals surface area contributed by atoms with Gasteiger partial charge in [0.1, 0.15) is 5.75 Å². The van der Waals surface area contributed by atoms with Gasteiger partial charge >= 0.3 is 11.9 Å². The summed E-state index contributed by atoms with van der Waals surface area (Å²) >= 11 is 0. The molecule has 1 aliphatic carbocycles. The fraction of sp³-hybridized carbons (Fsp3) is 0.471. The topological polar surface area (TPSA) is 87.4 Å². The van der Waals surface area contributed by atoms with Gasteiger partial charge in [-0.3, -0.25) is 9.59 Å². The number of aryl methyl sites for hydroxylation is 1. The molecule has 0 amide bonds. The van der Waals surface area contributed by atoms with Crippen LogP contribution in [0.25, 0.3) is 0 Å². The van der Waals surface area contributed by atoms with Crippen molar-refractivity contribution in [1.29, 1.82) is 5.26 Å². The fourth-order valence-corrected chi connectivity index (χ4v) is 2.63. The second-order valence-corrected chi connectivity index (χ2v) is 5.64. The minimum absolute atomic E-state index is 0.0672. The smallest absolute Gasteiger partial charge is 0.314 e. The SMILES string of the molecule is N#C[C@H]1CC[C@H](C(=O)Oc2ccc(CCC(=O)O)cc2)CC1. The molecule has 0 heterocycles. The highest BCUT2D eigenvalue weighted by molar-refractivity contribution is 5.75. The summed E-state index contributed by atoms with van der Waals surface area (Å²) in [7, 11) is 0. The van der Waals surface area contributed by atoms with Gasteiger partial charge in [-0.15, -0.1) is 0 Å². The number of nitrogens with zero attached hydrogens (tertiary/aromatic N) is 1. The Bertz CT molecular complexity index is 565. The molecule has 0 atom stereocenters. The van der Waals surface area contributed by atoms with Crippen LogP contribution in [0.15, 0.2) is 24.3 Å². The van der Waals surface area contributed by atoms with Crippen LogP contribution in [0.1, 0.15) is 37.7 Å². The monoisotopic (exact) mass is 301 g/mol. The molecule has 0 aromatic heterocycles. The van der Waals surface area contributed by atoms with E-state index in [-0.39, 0.29) is 24.2 Å². The second-order valence-electron chi connectivity index (χ2n) is 5.64. The van der Waals surface area contributed by atoms with Crippen LogP contribution >= 0.6 is 0 Å². The average molecular weight is 301 g/mol. The Kier molecular flexibility index (Phi) is 5.54. The summed E-state index contributed by atoms with van der Waals surface area (Å²) in [6.45, 7) is 0. The molecular weight excluding hydrogens is 282 g/mol. The molecular formula is C17H19NO4. The maximum Gasteiger partial charge on any atom is 0.314 e. The van der Waals surface area contributed by atoms with Gasteiger partial charge in [0, 0.05) is 12.3 Å². The number of carbonyl (C=O) groups excluding carboxylic acids is 1. The van der Waals surface area contributed by atoms with Gasteiger partial charge in [-0.05, 0) is 49.8 Å². The van der Waals surface area contributed by atoms with Gasteiger partial charge in [-0.1, -0.05) is 12.1 Å². The molecule has 1 aromatic carbocycles. The highest BCUT2D eigenvalue weighted by Crippen LogP contribution is 2.29. The molecule has 1 aliphatic rings. The fourth-order valence-electron chi connectivity index (χ4n) is 2.63. The van der Waals surface area contributed by atoms with Gasteiger partial charge in [-0.2, -0.15) is 5.26 Å². The van der Waals surface area contributed by atoms with E-state index in [1.807, 2.05) is 0 Å². The number of rotatable bonds is 5. The Hall–Kier alpha value is -2.35. The number of ether oxygens (including phenoxy) is 1. The third kappa shape index (κ3) is 4.59. The molecule has 5 nitrogen and oxygen atoms in total. The summed E-state index contributed by atoms with van der Waals surface area (Å²) in [6.07, 6.45) is 3.46. The van der Waals surface area contributed by atoms with Crippen LogP contribution in [0.2, 0.25) is 0 Å². The molecule has 1 N–H and O–H groups in total. The molecule has 2 rings (SSSR count). The lowest BCUT2D eigenvalue weighted by Crippen LogP contribution is -2.25. The van der Waals surface area contributed by atoms with Crippen molar-refractivity contribution in [3.05, 3.63) is 29.8 Å². The van der Waals surface area contributed by atoms with Crippen molar-refractivity contribution in [3.63, 3.8) is 0 Å². The van der Waals surface area contributed by atoms with E-state index in [0.29, 0.717) is 25.0 Å². The predicted molar refractivity (Wildman–Crippen MR) is 79.1 cm³/mol. The average Bonchev–Trinajstić information content (AvgIpc) is 2.54. The van der Waals surface area contributed by atoms with E-state index in [4.69, 9.17) is 15.1 Å². The third-order valence-electron chi connectivity index (χ3n) is 4.01. The molecule has 0 bridgehead atoms. The molecule has 5 heteroatoms. The molecule has 0 saturated heterocycles. The summed E-state index contributed by atoms with van der Waals surface area (Å²) in [4.78, 5) is 22.6. The number of hydrogen-bond acceptors (Lipinski definition) is 4. The molecule has 1 fully saturated rings. The van der Waals surface area contributed by atoms with Crippen molar-refractivity contribution in [2.75, 3.05) is 0 Å². The van der Waals surface area contributed by atoms with Crippen LogP contribution in [0.4, 0.5) is 0 Å². The highest BCUT2D eigenvalue weighted by Gasteiger charge is 2.27. The van der Waals surface area contributed by atoms with E-state index in [0.717, 1.165) is 18.4 Å². The molecule has 0 aliphatic heterocycles. The van der Waals surface area contributed by atoms with Crippen LogP contribution in [-0.2, 0) is 16.0 Å². The number of hydrogen-bond donors (Lipinski definition) is 1. The predicted octanol–water partition coefficient (Wildman–Crippen LogP) is 2.94. The van der Waals surface area contributed by atoms with Crippen LogP contribution in [-0.4, -0.2) is 17.0 Å². The molecule has 0 spiro atoms. The van der Waals surface area contributed by atoms with Gasteiger partial charge in [-0.25, -0.2) is 0 Å². The van der Waals surface area contributed by atoms with Crippen LogP contribution < -0.4 is 4.74 Å². The second kappa shape index (κ2) is 7.60. The normalized spacial score (nSPS) is 20.9. The third-order valence-corrected chi connectivity index (χ3v) is 4.01. The Morgan fingerprint density at radius 2 is 1.82 bits per heavy atom. The zero-order chi connectivity index (χ0) is 15.9. The number of carboxylic acids is 1. The molecule has 116 valence electrons. The van der Waals surface area contributed by atoms with Crippen molar-refractivity contribution in [3.8, 4) is 11.8 Å². The number of carbonyl (C=O) groups is 2. The summed E-state index contributed by atoms with van der Waals surface area (Å²) in [6, 6.07) is 9.18. The zero-order valence-electron chi connectivity index (χ0n) is 12.3. The summed E-state index contributed by atoms with van der Waals surface area (Å²) in [5.74, 6) is -0.654. The Labute approximate surface area is 129 Å². The molecule has 0 radical (unpaired) electrons. The highest BCUT2D eigenvalue weighted by atomic mass is 16.5. The lowest BCUT2D eigenvalue weighted by atomic mass is 9.83. The van der Waals surface area contributed by atoms with Gasteiger partial charge in [0.25, 0.3) is 0 Å². The summed E-state index contributed by atoms with van der Waals surface area (Å²) < 4.78 is 5.37. The van der Waals surface area contributed by atoms with Crippen molar-refractivity contribution in [1.82, 2.24) is 0 Å². The van der Waals surface area contributed by atoms with Crippen molar-refractivity contribution in [2.24, 2.45) is 11.8 Å². The lowest BCUT2D eigenvalue weighted by Gasteiger charge is -2.23.